The summed E-state index contributed by atoms with van der Waals surface area (Å²) < 4.78 is 12.7. The lowest BCUT2D eigenvalue weighted by Gasteiger charge is -2.16. The molecule has 0 amide bonds. The molecule has 2 atom stereocenters. The lowest BCUT2D eigenvalue weighted by molar-refractivity contribution is 0.0159. The van der Waals surface area contributed by atoms with E-state index in [1.165, 1.54) is 5.69 Å². The Bertz CT molecular complexity index is 694. The van der Waals surface area contributed by atoms with Crippen molar-refractivity contribution in [3.8, 4) is 5.75 Å². The molecule has 1 aliphatic rings. The molecule has 1 N–H and O–H groups in total. The molecule has 24 heavy (non-hydrogen) atoms. The van der Waals surface area contributed by atoms with Crippen molar-refractivity contribution in [3.05, 3.63) is 57.5 Å². The maximum atomic E-state index is 6.16. The van der Waals surface area contributed by atoms with Crippen LogP contribution in [0, 0.1) is 0 Å². The fourth-order valence-corrected chi connectivity index (χ4v) is 3.27. The highest BCUT2D eigenvalue weighted by molar-refractivity contribution is 9.10. The van der Waals surface area contributed by atoms with Gasteiger partial charge in [-0.05, 0) is 35.9 Å². The van der Waals surface area contributed by atoms with Crippen LogP contribution in [0.2, 0.25) is 5.02 Å². The van der Waals surface area contributed by atoms with Crippen LogP contribution in [0.5, 0.6) is 5.75 Å². The topological polar surface area (TPSA) is 33.7 Å². The van der Waals surface area contributed by atoms with Crippen LogP contribution in [0.25, 0.3) is 0 Å². The van der Waals surface area contributed by atoms with E-state index in [1.807, 2.05) is 32.3 Å². The van der Waals surface area contributed by atoms with Gasteiger partial charge in [0.25, 0.3) is 0 Å². The summed E-state index contributed by atoms with van der Waals surface area (Å²) in [4.78, 5) is 2.07. The first-order valence-electron chi connectivity index (χ1n) is 7.77. The van der Waals surface area contributed by atoms with Crippen molar-refractivity contribution in [3.63, 3.8) is 0 Å². The minimum Gasteiger partial charge on any atom is -0.489 e. The number of halogens is 2. The average molecular weight is 412 g/mol. The molecule has 3 rings (SSSR count). The number of nitrogens with one attached hydrogen (secondary N) is 1. The van der Waals surface area contributed by atoms with Gasteiger partial charge in [0, 0.05) is 30.8 Å². The number of rotatable bonds is 5. The summed E-state index contributed by atoms with van der Waals surface area (Å²) in [6.45, 7) is 1.20. The highest BCUT2D eigenvalue weighted by atomic mass is 79.9. The minimum absolute atomic E-state index is 0.0109. The number of nitrogens with zero attached hydrogens (tertiary/aromatic N) is 1. The van der Waals surface area contributed by atoms with Crippen LogP contribution < -0.4 is 15.0 Å². The van der Waals surface area contributed by atoms with E-state index in [0.717, 1.165) is 16.6 Å². The molecular formula is C18H20BrClN2O2. The maximum absolute atomic E-state index is 6.16. The lowest BCUT2D eigenvalue weighted by atomic mass is 10.2. The van der Waals surface area contributed by atoms with Crippen molar-refractivity contribution in [1.82, 2.24) is 5.32 Å². The Balaban J connectivity index is 1.55. The van der Waals surface area contributed by atoms with E-state index in [9.17, 15) is 0 Å². The van der Waals surface area contributed by atoms with E-state index < -0.39 is 0 Å². The largest absolute Gasteiger partial charge is 0.489 e. The number of anilines is 1. The van der Waals surface area contributed by atoms with Crippen molar-refractivity contribution < 1.29 is 9.47 Å². The van der Waals surface area contributed by atoms with Gasteiger partial charge in [-0.3, -0.25) is 5.32 Å². The summed E-state index contributed by atoms with van der Waals surface area (Å²) in [6, 6.07) is 13.9. The third-order valence-corrected chi connectivity index (χ3v) is 4.68. The minimum atomic E-state index is -0.102. The van der Waals surface area contributed by atoms with E-state index in [1.54, 1.807) is 0 Å². The molecule has 2 aromatic carbocycles. The Hall–Kier alpha value is -1.27. The monoisotopic (exact) mass is 410 g/mol. The number of hydrogen-bond acceptors (Lipinski definition) is 4. The van der Waals surface area contributed by atoms with E-state index in [0.29, 0.717) is 17.4 Å². The van der Waals surface area contributed by atoms with Gasteiger partial charge in [-0.2, -0.15) is 0 Å². The standard InChI is InChI=1S/C18H20BrClN2O2/c1-22(2)14-6-3-12(4-7-14)18-21-10-15(24-18)11-23-17-8-5-13(19)9-16(17)20/h3-9,15,18,21H,10-11H2,1-2H3/t15-,18+/m0/s1. The molecule has 1 saturated heterocycles. The quantitative estimate of drug-likeness (QED) is 0.798. The second-order valence-electron chi connectivity index (χ2n) is 5.92. The normalized spacial score (nSPS) is 20.2. The first-order chi connectivity index (χ1) is 11.5. The van der Waals surface area contributed by atoms with Gasteiger partial charge in [0.05, 0.1) is 5.02 Å². The summed E-state index contributed by atoms with van der Waals surface area (Å²) in [6.07, 6.45) is -0.113. The van der Waals surface area contributed by atoms with Crippen LogP contribution >= 0.6 is 27.5 Å². The Kier molecular flexibility index (Phi) is 5.66. The highest BCUT2D eigenvalue weighted by Crippen LogP contribution is 2.29. The zero-order valence-electron chi connectivity index (χ0n) is 13.6. The molecule has 0 saturated carbocycles. The molecule has 0 aromatic heterocycles. The van der Waals surface area contributed by atoms with Crippen LogP contribution in [0.4, 0.5) is 5.69 Å². The van der Waals surface area contributed by atoms with Gasteiger partial charge < -0.3 is 14.4 Å². The van der Waals surface area contributed by atoms with E-state index >= 15 is 0 Å². The van der Waals surface area contributed by atoms with Crippen LogP contribution in [0.15, 0.2) is 46.9 Å². The average Bonchev–Trinajstić information content (AvgIpc) is 3.03. The molecule has 1 aliphatic heterocycles. The molecule has 0 bridgehead atoms. The van der Waals surface area contributed by atoms with E-state index in [2.05, 4.69) is 50.4 Å². The molecule has 0 radical (unpaired) electrons. The number of hydrogen-bond donors (Lipinski definition) is 1. The molecule has 1 fully saturated rings. The second kappa shape index (κ2) is 7.74. The second-order valence-corrected chi connectivity index (χ2v) is 7.24. The van der Waals surface area contributed by atoms with E-state index in [4.69, 9.17) is 21.1 Å². The molecule has 1 heterocycles. The summed E-state index contributed by atoms with van der Waals surface area (Å²) in [7, 11) is 4.06. The van der Waals surface area contributed by atoms with Crippen molar-refractivity contribution in [2.45, 2.75) is 12.3 Å². The van der Waals surface area contributed by atoms with Gasteiger partial charge in [0.15, 0.2) is 0 Å². The smallest absolute Gasteiger partial charge is 0.138 e. The predicted molar refractivity (Wildman–Crippen MR) is 101 cm³/mol. The first-order valence-corrected chi connectivity index (χ1v) is 8.94. The number of ether oxygens (including phenoxy) is 2. The summed E-state index contributed by atoms with van der Waals surface area (Å²) in [5.74, 6) is 0.669. The van der Waals surface area contributed by atoms with Crippen molar-refractivity contribution in [2.75, 3.05) is 32.1 Å². The summed E-state index contributed by atoms with van der Waals surface area (Å²) in [5.41, 5.74) is 2.28. The predicted octanol–water partition coefficient (Wildman–Crippen LogP) is 4.23. The Labute approximate surface area is 155 Å². The molecule has 128 valence electrons. The highest BCUT2D eigenvalue weighted by Gasteiger charge is 2.26. The van der Waals surface area contributed by atoms with Gasteiger partial charge in [-0.15, -0.1) is 0 Å². The van der Waals surface area contributed by atoms with Crippen LogP contribution in [0.1, 0.15) is 11.8 Å². The fourth-order valence-electron chi connectivity index (χ4n) is 2.54. The molecular weight excluding hydrogens is 392 g/mol. The zero-order valence-corrected chi connectivity index (χ0v) is 16.0. The molecule has 4 nitrogen and oxygen atoms in total. The van der Waals surface area contributed by atoms with E-state index in [-0.39, 0.29) is 12.3 Å². The molecule has 2 aromatic rings. The third-order valence-electron chi connectivity index (χ3n) is 3.89. The van der Waals surface area contributed by atoms with Crippen molar-refractivity contribution in [1.29, 1.82) is 0 Å². The third kappa shape index (κ3) is 4.22. The van der Waals surface area contributed by atoms with Gasteiger partial charge >= 0.3 is 0 Å². The lowest BCUT2D eigenvalue weighted by Crippen LogP contribution is -2.22. The Morgan fingerprint density at radius 2 is 2.00 bits per heavy atom. The fraction of sp³-hybridized carbons (Fsp3) is 0.333. The van der Waals surface area contributed by atoms with Crippen molar-refractivity contribution >= 4 is 33.2 Å². The van der Waals surface area contributed by atoms with Gasteiger partial charge in [-0.25, -0.2) is 0 Å². The maximum Gasteiger partial charge on any atom is 0.138 e. The summed E-state index contributed by atoms with van der Waals surface area (Å²) >= 11 is 9.55. The first kappa shape index (κ1) is 17.5. The SMILES string of the molecule is CN(C)c1ccc([C@@H]2NC[C@@H](COc3ccc(Br)cc3Cl)O2)cc1. The Morgan fingerprint density at radius 3 is 2.67 bits per heavy atom. The molecule has 0 aliphatic carbocycles. The molecule has 6 heteroatoms. The molecule has 0 spiro atoms. The zero-order chi connectivity index (χ0) is 17.1. The van der Waals surface area contributed by atoms with Gasteiger partial charge in [0.1, 0.15) is 24.7 Å². The molecule has 0 unspecified atom stereocenters. The van der Waals surface area contributed by atoms with Gasteiger partial charge in [0.2, 0.25) is 0 Å². The Morgan fingerprint density at radius 1 is 1.25 bits per heavy atom. The summed E-state index contributed by atoms with van der Waals surface area (Å²) in [5, 5.41) is 3.96. The van der Waals surface area contributed by atoms with Crippen LogP contribution in [0.3, 0.4) is 0 Å². The van der Waals surface area contributed by atoms with Gasteiger partial charge in [-0.1, -0.05) is 39.7 Å². The number of benzene rings is 2. The van der Waals surface area contributed by atoms with Crippen molar-refractivity contribution in [2.24, 2.45) is 0 Å². The van der Waals surface area contributed by atoms with Crippen LogP contribution in [-0.2, 0) is 4.74 Å². The van der Waals surface area contributed by atoms with Crippen LogP contribution in [-0.4, -0.2) is 33.4 Å².